The molecule has 0 saturated carbocycles. The topological polar surface area (TPSA) is 60.2 Å². The smallest absolute Gasteiger partial charge is 0.0795 e. The molecular formula is C8H15N3OS. The fourth-order valence-electron chi connectivity index (χ4n) is 0.871. The molecule has 1 aromatic heterocycles. The first-order valence-corrected chi connectivity index (χ1v) is 5.23. The van der Waals surface area contributed by atoms with Crippen molar-refractivity contribution in [1.29, 1.82) is 0 Å². The molecule has 0 saturated heterocycles. The Bertz CT molecular complexity index is 203. The minimum atomic E-state index is 0.589. The van der Waals surface area contributed by atoms with Gasteiger partial charge >= 0.3 is 0 Å². The largest absolute Gasteiger partial charge is 0.379 e. The molecule has 13 heavy (non-hydrogen) atoms. The van der Waals surface area contributed by atoms with Crippen LogP contribution in [0.15, 0.2) is 10.9 Å². The Morgan fingerprint density at radius 1 is 1.54 bits per heavy atom. The van der Waals surface area contributed by atoms with Gasteiger partial charge in [0.05, 0.1) is 24.4 Å². The molecule has 0 aromatic carbocycles. The van der Waals surface area contributed by atoms with E-state index >= 15 is 0 Å². The highest BCUT2D eigenvalue weighted by molar-refractivity contribution is 7.07. The highest BCUT2D eigenvalue weighted by Crippen LogP contribution is 1.99. The number of aromatic nitrogens is 1. The predicted molar refractivity (Wildman–Crippen MR) is 53.7 cm³/mol. The van der Waals surface area contributed by atoms with Gasteiger partial charge in [-0.1, -0.05) is 0 Å². The van der Waals surface area contributed by atoms with Crippen LogP contribution in [0.5, 0.6) is 0 Å². The lowest BCUT2D eigenvalue weighted by atomic mass is 10.5. The predicted octanol–water partition coefficient (Wildman–Crippen LogP) is 0.208. The SMILES string of the molecule is NCCOCCNCc1cscn1. The maximum absolute atomic E-state index is 5.27. The van der Waals surface area contributed by atoms with E-state index in [-0.39, 0.29) is 0 Å². The van der Waals surface area contributed by atoms with Gasteiger partial charge in [0.2, 0.25) is 0 Å². The summed E-state index contributed by atoms with van der Waals surface area (Å²) in [6, 6.07) is 0. The van der Waals surface area contributed by atoms with Crippen LogP contribution in [0.1, 0.15) is 5.69 Å². The van der Waals surface area contributed by atoms with E-state index < -0.39 is 0 Å². The summed E-state index contributed by atoms with van der Waals surface area (Å²) in [4.78, 5) is 4.15. The molecule has 74 valence electrons. The van der Waals surface area contributed by atoms with Gasteiger partial charge in [0, 0.05) is 25.0 Å². The molecule has 4 nitrogen and oxygen atoms in total. The van der Waals surface area contributed by atoms with Crippen molar-refractivity contribution in [2.75, 3.05) is 26.3 Å². The number of hydrogen-bond acceptors (Lipinski definition) is 5. The van der Waals surface area contributed by atoms with Crippen molar-refractivity contribution >= 4 is 11.3 Å². The van der Waals surface area contributed by atoms with Crippen LogP contribution in [-0.2, 0) is 11.3 Å². The van der Waals surface area contributed by atoms with Crippen LogP contribution in [0.25, 0.3) is 0 Å². The Morgan fingerprint density at radius 2 is 2.46 bits per heavy atom. The third-order valence-electron chi connectivity index (χ3n) is 1.47. The van der Waals surface area contributed by atoms with Crippen LogP contribution in [0, 0.1) is 0 Å². The van der Waals surface area contributed by atoms with E-state index in [9.17, 15) is 0 Å². The van der Waals surface area contributed by atoms with Gasteiger partial charge in [-0.2, -0.15) is 0 Å². The first-order chi connectivity index (χ1) is 6.43. The molecule has 1 rings (SSSR count). The van der Waals surface area contributed by atoms with Crippen LogP contribution in [0.4, 0.5) is 0 Å². The van der Waals surface area contributed by atoms with Crippen molar-refractivity contribution in [1.82, 2.24) is 10.3 Å². The molecule has 0 atom stereocenters. The summed E-state index contributed by atoms with van der Waals surface area (Å²) >= 11 is 1.61. The van der Waals surface area contributed by atoms with E-state index in [1.807, 2.05) is 10.9 Å². The fraction of sp³-hybridized carbons (Fsp3) is 0.625. The van der Waals surface area contributed by atoms with Crippen LogP contribution in [0.3, 0.4) is 0 Å². The molecule has 0 fully saturated rings. The third-order valence-corrected chi connectivity index (χ3v) is 2.11. The highest BCUT2D eigenvalue weighted by atomic mass is 32.1. The van der Waals surface area contributed by atoms with Gasteiger partial charge in [-0.05, 0) is 0 Å². The zero-order chi connectivity index (χ0) is 9.36. The number of ether oxygens (including phenoxy) is 1. The maximum Gasteiger partial charge on any atom is 0.0795 e. The second-order valence-corrected chi connectivity index (χ2v) is 3.28. The molecule has 0 aliphatic carbocycles. The van der Waals surface area contributed by atoms with Crippen molar-refractivity contribution in [2.24, 2.45) is 5.73 Å². The molecule has 1 heterocycles. The fourth-order valence-corrected chi connectivity index (χ4v) is 1.43. The monoisotopic (exact) mass is 201 g/mol. The number of nitrogens with one attached hydrogen (secondary N) is 1. The van der Waals surface area contributed by atoms with Gasteiger partial charge in [0.15, 0.2) is 0 Å². The van der Waals surface area contributed by atoms with Gasteiger partial charge in [-0.25, -0.2) is 4.98 Å². The van der Waals surface area contributed by atoms with Gasteiger partial charge in [-0.3, -0.25) is 0 Å². The first-order valence-electron chi connectivity index (χ1n) is 4.29. The lowest BCUT2D eigenvalue weighted by Crippen LogP contribution is -2.21. The summed E-state index contributed by atoms with van der Waals surface area (Å²) in [5, 5.41) is 5.26. The van der Waals surface area contributed by atoms with Gasteiger partial charge in [-0.15, -0.1) is 11.3 Å². The average Bonchev–Trinajstić information content (AvgIpc) is 2.63. The molecule has 0 radical (unpaired) electrons. The molecule has 3 N–H and O–H groups in total. The minimum Gasteiger partial charge on any atom is -0.379 e. The van der Waals surface area contributed by atoms with Crippen molar-refractivity contribution in [2.45, 2.75) is 6.54 Å². The standard InChI is InChI=1S/C8H15N3OS/c9-1-3-12-4-2-10-5-8-6-13-7-11-8/h6-7,10H,1-5,9H2. The third kappa shape index (κ3) is 4.94. The molecule has 0 unspecified atom stereocenters. The van der Waals surface area contributed by atoms with Crippen LogP contribution >= 0.6 is 11.3 Å². The van der Waals surface area contributed by atoms with Crippen LogP contribution < -0.4 is 11.1 Å². The van der Waals surface area contributed by atoms with E-state index in [1.165, 1.54) is 0 Å². The number of rotatable bonds is 7. The normalized spacial score (nSPS) is 10.5. The minimum absolute atomic E-state index is 0.589. The van der Waals surface area contributed by atoms with Gasteiger partial charge < -0.3 is 15.8 Å². The summed E-state index contributed by atoms with van der Waals surface area (Å²) in [7, 11) is 0. The quantitative estimate of drug-likeness (QED) is 0.619. The molecule has 0 spiro atoms. The maximum atomic E-state index is 5.27. The second kappa shape index (κ2) is 6.97. The van der Waals surface area contributed by atoms with Crippen molar-refractivity contribution < 1.29 is 4.74 Å². The van der Waals surface area contributed by atoms with Crippen LogP contribution in [0.2, 0.25) is 0 Å². The average molecular weight is 201 g/mol. The summed E-state index contributed by atoms with van der Waals surface area (Å²) in [6.45, 7) is 3.60. The Hall–Kier alpha value is -0.490. The molecule has 0 aliphatic rings. The van der Waals surface area contributed by atoms with E-state index in [2.05, 4.69) is 10.3 Å². The van der Waals surface area contributed by atoms with E-state index in [0.717, 1.165) is 18.8 Å². The summed E-state index contributed by atoms with van der Waals surface area (Å²) in [6.07, 6.45) is 0. The van der Waals surface area contributed by atoms with Gasteiger partial charge in [0.25, 0.3) is 0 Å². The Labute approximate surface area is 82.1 Å². The number of thiazole rings is 1. The second-order valence-electron chi connectivity index (χ2n) is 2.56. The highest BCUT2D eigenvalue weighted by Gasteiger charge is 1.92. The zero-order valence-electron chi connectivity index (χ0n) is 7.53. The summed E-state index contributed by atoms with van der Waals surface area (Å²) in [5.41, 5.74) is 8.19. The molecule has 0 amide bonds. The molecule has 1 aromatic rings. The Morgan fingerprint density at radius 3 is 3.15 bits per heavy atom. The molecule has 0 bridgehead atoms. The zero-order valence-corrected chi connectivity index (χ0v) is 8.35. The lowest BCUT2D eigenvalue weighted by Gasteiger charge is -2.03. The molecular weight excluding hydrogens is 186 g/mol. The Kier molecular flexibility index (Phi) is 5.67. The Balaban J connectivity index is 1.90. The van der Waals surface area contributed by atoms with Crippen molar-refractivity contribution in [3.63, 3.8) is 0 Å². The van der Waals surface area contributed by atoms with E-state index in [4.69, 9.17) is 10.5 Å². The lowest BCUT2D eigenvalue weighted by molar-refractivity contribution is 0.143. The first kappa shape index (κ1) is 10.6. The van der Waals surface area contributed by atoms with Crippen molar-refractivity contribution in [3.8, 4) is 0 Å². The van der Waals surface area contributed by atoms with Crippen molar-refractivity contribution in [3.05, 3.63) is 16.6 Å². The molecule has 0 aliphatic heterocycles. The van der Waals surface area contributed by atoms with E-state index in [0.29, 0.717) is 19.8 Å². The number of nitrogens with zero attached hydrogens (tertiary/aromatic N) is 1. The van der Waals surface area contributed by atoms with E-state index in [1.54, 1.807) is 11.3 Å². The number of nitrogens with two attached hydrogens (primary N) is 1. The van der Waals surface area contributed by atoms with Crippen LogP contribution in [-0.4, -0.2) is 31.3 Å². The number of hydrogen-bond donors (Lipinski definition) is 2. The summed E-state index contributed by atoms with van der Waals surface area (Å²) in [5.74, 6) is 0. The van der Waals surface area contributed by atoms with Gasteiger partial charge in [0.1, 0.15) is 0 Å². The summed E-state index contributed by atoms with van der Waals surface area (Å²) < 4.78 is 5.20. The molecule has 5 heteroatoms.